The number of para-hydroxylation sites is 6. The maximum Gasteiger partial charge on any atom is 0.151 e. The van der Waals surface area contributed by atoms with Crippen LogP contribution in [0, 0.1) is 0 Å². The second kappa shape index (κ2) is 7.41. The van der Waals surface area contributed by atoms with Crippen molar-refractivity contribution in [2.24, 2.45) is 0 Å². The van der Waals surface area contributed by atoms with E-state index in [0.717, 1.165) is 45.3 Å². The van der Waals surface area contributed by atoms with Crippen LogP contribution < -0.4 is 9.64 Å². The van der Waals surface area contributed by atoms with E-state index in [1.54, 1.807) is 0 Å². The lowest BCUT2D eigenvalue weighted by Crippen LogP contribution is -2.16. The van der Waals surface area contributed by atoms with Crippen LogP contribution in [0.3, 0.4) is 0 Å². The summed E-state index contributed by atoms with van der Waals surface area (Å²) in [6.45, 7) is 0. The molecule has 0 bridgehead atoms. The Hall–Kier alpha value is -4.21. The van der Waals surface area contributed by atoms with Gasteiger partial charge in [-0.15, -0.1) is 0 Å². The van der Waals surface area contributed by atoms with E-state index in [9.17, 15) is 0 Å². The first-order valence-corrected chi connectivity index (χ1v) is 11.6. The minimum absolute atomic E-state index is 0.677. The first-order valence-electron chi connectivity index (χ1n) is 11.2. The van der Waals surface area contributed by atoms with Crippen LogP contribution in [0.5, 0.6) is 11.5 Å². The third-order valence-electron chi connectivity index (χ3n) is 6.40. The summed E-state index contributed by atoms with van der Waals surface area (Å²) in [5.41, 5.74) is 6.27. The Morgan fingerprint density at radius 2 is 1.03 bits per heavy atom. The van der Waals surface area contributed by atoms with Crippen LogP contribution in [-0.2, 0) is 0 Å². The molecule has 6 aromatic rings. The molecule has 0 unspecified atom stereocenters. The largest absolute Gasteiger partial charge is 0.453 e. The van der Waals surface area contributed by atoms with Crippen molar-refractivity contribution < 1.29 is 4.74 Å². The van der Waals surface area contributed by atoms with Gasteiger partial charge in [-0.25, -0.2) is 0 Å². The van der Waals surface area contributed by atoms with Crippen LogP contribution in [-0.4, -0.2) is 4.57 Å². The fraction of sp³-hybridized carbons (Fsp3) is 0. The quantitative estimate of drug-likeness (QED) is 0.257. The van der Waals surface area contributed by atoms with E-state index in [0.29, 0.717) is 5.02 Å². The highest BCUT2D eigenvalue weighted by Crippen LogP contribution is 2.50. The minimum atomic E-state index is 0.677. The van der Waals surface area contributed by atoms with Crippen LogP contribution in [0.2, 0.25) is 5.02 Å². The molecule has 1 aliphatic heterocycles. The average Bonchev–Trinajstić information content (AvgIpc) is 3.21. The first-order chi connectivity index (χ1) is 16.8. The van der Waals surface area contributed by atoms with Gasteiger partial charge in [-0.3, -0.25) is 0 Å². The summed E-state index contributed by atoms with van der Waals surface area (Å²) < 4.78 is 8.49. The summed E-state index contributed by atoms with van der Waals surface area (Å²) in [4.78, 5) is 2.22. The highest BCUT2D eigenvalue weighted by Gasteiger charge is 2.26. The predicted octanol–water partition coefficient (Wildman–Crippen LogP) is 9.01. The molecule has 4 heteroatoms. The van der Waals surface area contributed by atoms with Gasteiger partial charge in [-0.2, -0.15) is 0 Å². The van der Waals surface area contributed by atoms with Gasteiger partial charge in [0.2, 0.25) is 0 Å². The molecule has 2 heterocycles. The van der Waals surface area contributed by atoms with Crippen LogP contribution in [0.1, 0.15) is 0 Å². The zero-order valence-corrected chi connectivity index (χ0v) is 18.9. The highest BCUT2D eigenvalue weighted by atomic mass is 35.5. The molecule has 0 saturated carbocycles. The fourth-order valence-electron chi connectivity index (χ4n) is 5.00. The van der Waals surface area contributed by atoms with Crippen molar-refractivity contribution in [3.05, 3.63) is 120 Å². The summed E-state index contributed by atoms with van der Waals surface area (Å²) in [6.07, 6.45) is 0. The molecule has 0 aliphatic carbocycles. The van der Waals surface area contributed by atoms with Crippen molar-refractivity contribution in [3.8, 4) is 17.2 Å². The Balaban J connectivity index is 1.51. The van der Waals surface area contributed by atoms with E-state index >= 15 is 0 Å². The average molecular weight is 459 g/mol. The standard InChI is InChI=1S/C30H19ClN2O/c31-20-17-21(32-25-11-3-1-9-23(25)24-10-2-4-12-26(24)32)19-22(18-20)33-27-13-5-7-15-29(27)34-30-16-8-6-14-28(30)33/h1-19H. The molecule has 0 saturated heterocycles. The van der Waals surface area contributed by atoms with E-state index in [1.165, 1.54) is 10.8 Å². The van der Waals surface area contributed by atoms with Gasteiger partial charge < -0.3 is 14.2 Å². The fourth-order valence-corrected chi connectivity index (χ4v) is 5.22. The first kappa shape index (κ1) is 19.3. The van der Waals surface area contributed by atoms with Crippen LogP contribution in [0.25, 0.3) is 27.5 Å². The summed E-state index contributed by atoms with van der Waals surface area (Å²) in [5, 5.41) is 3.12. The second-order valence-electron chi connectivity index (χ2n) is 8.41. The predicted molar refractivity (Wildman–Crippen MR) is 141 cm³/mol. The van der Waals surface area contributed by atoms with Gasteiger partial charge in [-0.05, 0) is 54.6 Å². The monoisotopic (exact) mass is 458 g/mol. The number of hydrogen-bond donors (Lipinski definition) is 0. The molecule has 3 nitrogen and oxygen atoms in total. The lowest BCUT2D eigenvalue weighted by molar-refractivity contribution is 0.477. The third-order valence-corrected chi connectivity index (χ3v) is 6.61. The molecule has 1 aromatic heterocycles. The Morgan fingerprint density at radius 1 is 0.529 bits per heavy atom. The number of rotatable bonds is 2. The Morgan fingerprint density at radius 3 is 1.65 bits per heavy atom. The summed E-state index contributed by atoms with van der Waals surface area (Å²) in [5.74, 6) is 1.64. The molecule has 34 heavy (non-hydrogen) atoms. The highest BCUT2D eigenvalue weighted by molar-refractivity contribution is 6.31. The summed E-state index contributed by atoms with van der Waals surface area (Å²) >= 11 is 6.77. The van der Waals surface area contributed by atoms with Crippen LogP contribution >= 0.6 is 11.6 Å². The molecule has 7 rings (SSSR count). The number of halogens is 1. The van der Waals surface area contributed by atoms with Crippen molar-refractivity contribution in [2.45, 2.75) is 0 Å². The molecule has 0 atom stereocenters. The second-order valence-corrected chi connectivity index (χ2v) is 8.85. The molecule has 5 aromatic carbocycles. The topological polar surface area (TPSA) is 17.4 Å². The van der Waals surface area contributed by atoms with Gasteiger partial charge in [0.1, 0.15) is 0 Å². The zero-order valence-electron chi connectivity index (χ0n) is 18.2. The minimum Gasteiger partial charge on any atom is -0.453 e. The Labute approximate surface area is 202 Å². The summed E-state index contributed by atoms with van der Waals surface area (Å²) in [6, 6.07) is 39.4. The Kier molecular flexibility index (Phi) is 4.20. The molecule has 0 spiro atoms. The maximum absolute atomic E-state index is 6.77. The van der Waals surface area contributed by atoms with Gasteiger partial charge in [-0.1, -0.05) is 72.3 Å². The van der Waals surface area contributed by atoms with Gasteiger partial charge in [0.25, 0.3) is 0 Å². The smallest absolute Gasteiger partial charge is 0.151 e. The molecule has 0 fully saturated rings. The van der Waals surface area contributed by atoms with Crippen molar-refractivity contribution in [1.82, 2.24) is 4.57 Å². The Bertz CT molecular complexity index is 1620. The lowest BCUT2D eigenvalue weighted by atomic mass is 10.1. The van der Waals surface area contributed by atoms with E-state index in [-0.39, 0.29) is 0 Å². The van der Waals surface area contributed by atoms with Crippen molar-refractivity contribution in [1.29, 1.82) is 0 Å². The number of anilines is 3. The zero-order chi connectivity index (χ0) is 22.6. The van der Waals surface area contributed by atoms with Crippen molar-refractivity contribution in [3.63, 3.8) is 0 Å². The maximum atomic E-state index is 6.77. The van der Waals surface area contributed by atoms with E-state index < -0.39 is 0 Å². The summed E-state index contributed by atoms with van der Waals surface area (Å²) in [7, 11) is 0. The molecular weight excluding hydrogens is 440 g/mol. The molecule has 162 valence electrons. The number of ether oxygens (including phenoxy) is 1. The number of nitrogens with zero attached hydrogens (tertiary/aromatic N) is 2. The van der Waals surface area contributed by atoms with E-state index in [4.69, 9.17) is 16.3 Å². The third kappa shape index (κ3) is 2.84. The SMILES string of the molecule is Clc1cc(N2c3ccccc3Oc3ccccc32)cc(-n2c3ccccc3c3ccccc32)c1. The molecule has 0 N–H and O–H groups in total. The van der Waals surface area contributed by atoms with Gasteiger partial charge in [0.15, 0.2) is 11.5 Å². The normalized spacial score (nSPS) is 12.4. The van der Waals surface area contributed by atoms with Crippen LogP contribution in [0.15, 0.2) is 115 Å². The lowest BCUT2D eigenvalue weighted by Gasteiger charge is -2.33. The van der Waals surface area contributed by atoms with Crippen molar-refractivity contribution >= 4 is 50.5 Å². The van der Waals surface area contributed by atoms with Gasteiger partial charge in [0.05, 0.1) is 22.4 Å². The molecular formula is C30H19ClN2O. The number of hydrogen-bond acceptors (Lipinski definition) is 2. The van der Waals surface area contributed by atoms with Gasteiger partial charge >= 0.3 is 0 Å². The molecule has 1 aliphatic rings. The number of aromatic nitrogens is 1. The van der Waals surface area contributed by atoms with Gasteiger partial charge in [0, 0.05) is 27.2 Å². The van der Waals surface area contributed by atoms with Crippen molar-refractivity contribution in [2.75, 3.05) is 4.90 Å². The molecule has 0 amide bonds. The van der Waals surface area contributed by atoms with E-state index in [2.05, 4.69) is 76.2 Å². The molecule has 0 radical (unpaired) electrons. The number of benzene rings is 5. The number of fused-ring (bicyclic) bond motifs is 5. The van der Waals surface area contributed by atoms with E-state index in [1.807, 2.05) is 48.5 Å². The van der Waals surface area contributed by atoms with Crippen LogP contribution in [0.4, 0.5) is 17.1 Å².